The van der Waals surface area contributed by atoms with Gasteiger partial charge in [-0.2, -0.15) is 4.31 Å². The molecule has 2 fully saturated rings. The van der Waals surface area contributed by atoms with Gasteiger partial charge in [-0.15, -0.1) is 0 Å². The number of fused-ring (bicyclic) bond motifs is 1. The third kappa shape index (κ3) is 4.26. The summed E-state index contributed by atoms with van der Waals surface area (Å²) >= 11 is 0. The van der Waals surface area contributed by atoms with E-state index in [-0.39, 0.29) is 5.91 Å². The fraction of sp³-hybridized carbons (Fsp3) is 0.550. The van der Waals surface area contributed by atoms with Crippen molar-refractivity contribution in [2.45, 2.75) is 6.42 Å². The van der Waals surface area contributed by atoms with Gasteiger partial charge in [0.05, 0.1) is 11.8 Å². The molecule has 29 heavy (non-hydrogen) atoms. The summed E-state index contributed by atoms with van der Waals surface area (Å²) in [7, 11) is -1.06. The number of rotatable bonds is 3. The molecule has 0 spiro atoms. The van der Waals surface area contributed by atoms with E-state index < -0.39 is 10.0 Å². The van der Waals surface area contributed by atoms with Crippen molar-refractivity contribution in [3.05, 3.63) is 36.0 Å². The number of carbonyl (C=O) groups is 1. The first-order valence-corrected chi connectivity index (χ1v) is 12.0. The quantitative estimate of drug-likeness (QED) is 0.736. The molecule has 0 aliphatic carbocycles. The summed E-state index contributed by atoms with van der Waals surface area (Å²) in [6.45, 7) is 5.67. The average Bonchev–Trinajstić information content (AvgIpc) is 3.00. The first-order chi connectivity index (χ1) is 13.8. The third-order valence-electron chi connectivity index (χ3n) is 5.92. The standard InChI is InChI=1S/C20H29N5O3S/c1-21-8-3-9-23(11-10-21)20(26)17-4-5-18-6-7-19(25(18)16-17)22-12-14-24(15-13-22)29(2,27)28/h4-7,16H,3,8-15H2,1-2H3. The molecule has 9 heteroatoms. The number of piperazine rings is 1. The van der Waals surface area contributed by atoms with Crippen molar-refractivity contribution in [2.24, 2.45) is 0 Å². The summed E-state index contributed by atoms with van der Waals surface area (Å²) in [6, 6.07) is 7.96. The number of anilines is 1. The molecule has 0 N–H and O–H groups in total. The molecule has 2 aliphatic heterocycles. The lowest BCUT2D eigenvalue weighted by Gasteiger charge is -2.34. The molecule has 0 atom stereocenters. The smallest absolute Gasteiger partial charge is 0.255 e. The number of sulfonamides is 1. The molecule has 4 heterocycles. The Kier molecular flexibility index (Phi) is 5.54. The molecule has 8 nitrogen and oxygen atoms in total. The Morgan fingerprint density at radius 1 is 0.897 bits per heavy atom. The van der Waals surface area contributed by atoms with Crippen LogP contribution < -0.4 is 4.90 Å². The predicted molar refractivity (Wildman–Crippen MR) is 114 cm³/mol. The van der Waals surface area contributed by atoms with E-state index >= 15 is 0 Å². The highest BCUT2D eigenvalue weighted by Crippen LogP contribution is 2.23. The van der Waals surface area contributed by atoms with E-state index in [1.807, 2.05) is 39.8 Å². The first-order valence-electron chi connectivity index (χ1n) is 10.1. The molecule has 158 valence electrons. The lowest BCUT2D eigenvalue weighted by molar-refractivity contribution is 0.0762. The third-order valence-corrected chi connectivity index (χ3v) is 7.22. The molecule has 2 aliphatic rings. The highest BCUT2D eigenvalue weighted by Gasteiger charge is 2.25. The van der Waals surface area contributed by atoms with Crippen molar-refractivity contribution in [3.8, 4) is 0 Å². The van der Waals surface area contributed by atoms with Crippen LogP contribution in [0.1, 0.15) is 16.8 Å². The van der Waals surface area contributed by atoms with Gasteiger partial charge in [0.15, 0.2) is 0 Å². The summed E-state index contributed by atoms with van der Waals surface area (Å²) in [5, 5.41) is 0. The van der Waals surface area contributed by atoms with Crippen LogP contribution in [-0.4, -0.2) is 98.5 Å². The minimum atomic E-state index is -3.15. The van der Waals surface area contributed by atoms with E-state index in [1.54, 1.807) is 0 Å². The molecule has 0 saturated carbocycles. The molecule has 0 unspecified atom stereocenters. The van der Waals surface area contributed by atoms with Gasteiger partial charge < -0.3 is 19.1 Å². The maximum absolute atomic E-state index is 13.1. The first kappa shape index (κ1) is 20.2. The molecule has 4 rings (SSSR count). The number of likely N-dealkylation sites (N-methyl/N-ethyl adjacent to an activating group) is 1. The minimum absolute atomic E-state index is 0.0729. The SMILES string of the molecule is CN1CCCN(C(=O)c2ccc3ccc(N4CCN(S(C)(=O)=O)CC4)n3c2)CC1. The van der Waals surface area contributed by atoms with Crippen molar-refractivity contribution in [2.75, 3.05) is 70.6 Å². The van der Waals surface area contributed by atoms with E-state index in [2.05, 4.69) is 16.8 Å². The molecule has 2 aromatic rings. The van der Waals surface area contributed by atoms with Crippen LogP contribution in [0.2, 0.25) is 0 Å². The number of aromatic nitrogens is 1. The lowest BCUT2D eigenvalue weighted by Crippen LogP contribution is -2.48. The van der Waals surface area contributed by atoms with Gasteiger partial charge in [0.2, 0.25) is 10.0 Å². The summed E-state index contributed by atoms with van der Waals surface area (Å²) in [6.07, 6.45) is 4.17. The molecular formula is C20H29N5O3S. The number of nitrogens with zero attached hydrogens (tertiary/aromatic N) is 5. The van der Waals surface area contributed by atoms with E-state index in [4.69, 9.17) is 0 Å². The average molecular weight is 420 g/mol. The molecular weight excluding hydrogens is 390 g/mol. The Balaban J connectivity index is 1.55. The summed E-state index contributed by atoms with van der Waals surface area (Å²) in [5.74, 6) is 1.07. The second kappa shape index (κ2) is 7.97. The maximum atomic E-state index is 13.1. The van der Waals surface area contributed by atoms with Crippen LogP contribution in [0, 0.1) is 0 Å². The maximum Gasteiger partial charge on any atom is 0.255 e. The minimum Gasteiger partial charge on any atom is -0.355 e. The van der Waals surface area contributed by atoms with Gasteiger partial charge in [-0.05, 0) is 44.3 Å². The van der Waals surface area contributed by atoms with Crippen LogP contribution in [-0.2, 0) is 10.0 Å². The van der Waals surface area contributed by atoms with Gasteiger partial charge in [0, 0.05) is 57.5 Å². The van der Waals surface area contributed by atoms with Crippen molar-refractivity contribution in [3.63, 3.8) is 0 Å². The van der Waals surface area contributed by atoms with Crippen LogP contribution in [0.25, 0.3) is 5.52 Å². The summed E-state index contributed by atoms with van der Waals surface area (Å²) in [5.41, 5.74) is 1.71. The number of pyridine rings is 1. The van der Waals surface area contributed by atoms with Crippen molar-refractivity contribution in [1.82, 2.24) is 18.5 Å². The fourth-order valence-corrected chi connectivity index (χ4v) is 4.98. The number of hydrogen-bond acceptors (Lipinski definition) is 5. The summed E-state index contributed by atoms with van der Waals surface area (Å²) < 4.78 is 27.1. The Labute approximate surface area is 172 Å². The second-order valence-corrected chi connectivity index (χ2v) is 9.98. The molecule has 0 radical (unpaired) electrons. The van der Waals surface area contributed by atoms with Gasteiger partial charge >= 0.3 is 0 Å². The molecule has 1 amide bonds. The Hall–Kier alpha value is -2.10. The van der Waals surface area contributed by atoms with Crippen molar-refractivity contribution < 1.29 is 13.2 Å². The van der Waals surface area contributed by atoms with E-state index in [0.29, 0.717) is 31.7 Å². The number of carbonyl (C=O) groups excluding carboxylic acids is 1. The van der Waals surface area contributed by atoms with Crippen LogP contribution in [0.15, 0.2) is 30.5 Å². The zero-order valence-electron chi connectivity index (χ0n) is 17.1. The number of hydrogen-bond donors (Lipinski definition) is 0. The normalized spacial score (nSPS) is 20.2. The zero-order valence-corrected chi connectivity index (χ0v) is 17.9. The van der Waals surface area contributed by atoms with Gasteiger partial charge in [-0.1, -0.05) is 0 Å². The summed E-state index contributed by atoms with van der Waals surface area (Å²) in [4.78, 5) is 19.5. The van der Waals surface area contributed by atoms with Gasteiger partial charge in [0.1, 0.15) is 5.82 Å². The van der Waals surface area contributed by atoms with Crippen LogP contribution in [0.4, 0.5) is 5.82 Å². The van der Waals surface area contributed by atoms with Crippen molar-refractivity contribution >= 4 is 27.3 Å². The Bertz CT molecular complexity index is 995. The van der Waals surface area contributed by atoms with Crippen LogP contribution in [0.5, 0.6) is 0 Å². The van der Waals surface area contributed by atoms with Gasteiger partial charge in [-0.3, -0.25) is 4.79 Å². The van der Waals surface area contributed by atoms with Gasteiger partial charge in [-0.25, -0.2) is 8.42 Å². The zero-order chi connectivity index (χ0) is 20.6. The largest absolute Gasteiger partial charge is 0.355 e. The lowest BCUT2D eigenvalue weighted by atomic mass is 10.2. The van der Waals surface area contributed by atoms with Crippen LogP contribution in [0.3, 0.4) is 0 Å². The Morgan fingerprint density at radius 3 is 2.34 bits per heavy atom. The van der Waals surface area contributed by atoms with E-state index in [9.17, 15) is 13.2 Å². The molecule has 2 saturated heterocycles. The highest BCUT2D eigenvalue weighted by molar-refractivity contribution is 7.88. The number of amides is 1. The van der Waals surface area contributed by atoms with Crippen molar-refractivity contribution in [1.29, 1.82) is 0 Å². The van der Waals surface area contributed by atoms with Crippen LogP contribution >= 0.6 is 0 Å². The monoisotopic (exact) mass is 419 g/mol. The molecule has 2 aromatic heterocycles. The van der Waals surface area contributed by atoms with Gasteiger partial charge in [0.25, 0.3) is 5.91 Å². The molecule has 0 bridgehead atoms. The van der Waals surface area contributed by atoms with E-state index in [0.717, 1.165) is 43.9 Å². The fourth-order valence-electron chi connectivity index (χ4n) is 4.15. The Morgan fingerprint density at radius 2 is 1.62 bits per heavy atom. The second-order valence-electron chi connectivity index (χ2n) is 8.00. The predicted octanol–water partition coefficient (Wildman–Crippen LogP) is 0.799. The highest BCUT2D eigenvalue weighted by atomic mass is 32.2. The van der Waals surface area contributed by atoms with E-state index in [1.165, 1.54) is 10.6 Å². The molecule has 0 aromatic carbocycles. The topological polar surface area (TPSA) is 68.6 Å².